The van der Waals surface area contributed by atoms with Crippen LogP contribution in [0.15, 0.2) is 11.8 Å². The third-order valence-corrected chi connectivity index (χ3v) is 0.746. The van der Waals surface area contributed by atoms with E-state index in [2.05, 4.69) is 5.16 Å². The van der Waals surface area contributed by atoms with Crippen LogP contribution < -0.4 is 5.16 Å². The maximum Gasteiger partial charge on any atom is 0.315 e. The van der Waals surface area contributed by atoms with Crippen molar-refractivity contribution < 1.29 is 4.84 Å². The summed E-state index contributed by atoms with van der Waals surface area (Å²) >= 11 is 0. The molecule has 2 heteroatoms. The summed E-state index contributed by atoms with van der Waals surface area (Å²) in [5.74, 6) is 0.873. The van der Waals surface area contributed by atoms with Crippen molar-refractivity contribution in [1.82, 2.24) is 5.16 Å². The Bertz CT molecular complexity index is 135. The largest absolute Gasteiger partial charge is 0.315 e. The zero-order valence-corrected chi connectivity index (χ0v) is 4.43. The van der Waals surface area contributed by atoms with E-state index in [0.29, 0.717) is 0 Å². The van der Waals surface area contributed by atoms with Gasteiger partial charge in [0.2, 0.25) is 0 Å². The maximum atomic E-state index is 4.71. The molecule has 0 aromatic carbocycles. The molecule has 0 N–H and O–H groups in total. The monoisotopic (exact) mass is 97.1 g/mol. The van der Waals surface area contributed by atoms with Crippen molar-refractivity contribution in [2.45, 2.75) is 13.8 Å². The van der Waals surface area contributed by atoms with E-state index in [4.69, 9.17) is 4.84 Å². The van der Waals surface area contributed by atoms with Crippen LogP contribution in [0.2, 0.25) is 0 Å². The van der Waals surface area contributed by atoms with Crippen molar-refractivity contribution >= 4 is 5.71 Å². The summed E-state index contributed by atoms with van der Waals surface area (Å²) in [5.41, 5.74) is 0.942. The number of oxime groups is 1. The summed E-state index contributed by atoms with van der Waals surface area (Å²) in [4.78, 5) is 4.71. The van der Waals surface area contributed by atoms with E-state index in [-0.39, 0.29) is 0 Å². The van der Waals surface area contributed by atoms with Crippen LogP contribution in [0.3, 0.4) is 0 Å². The van der Waals surface area contributed by atoms with Crippen molar-refractivity contribution in [3.8, 4) is 0 Å². The summed E-state index contributed by atoms with van der Waals surface area (Å²) in [6.45, 7) is 3.77. The van der Waals surface area contributed by atoms with Gasteiger partial charge < -0.3 is 0 Å². The Hall–Kier alpha value is -0.790. The van der Waals surface area contributed by atoms with Gasteiger partial charge in [0.15, 0.2) is 5.76 Å². The lowest BCUT2D eigenvalue weighted by Crippen LogP contribution is -1.88. The lowest BCUT2D eigenvalue weighted by Gasteiger charge is -1.69. The molecule has 0 spiro atoms. The van der Waals surface area contributed by atoms with Gasteiger partial charge >= 0.3 is 5.71 Å². The molecule has 1 rings (SSSR count). The van der Waals surface area contributed by atoms with Gasteiger partial charge in [-0.15, -0.1) is 0 Å². The third-order valence-electron chi connectivity index (χ3n) is 0.746. The van der Waals surface area contributed by atoms with Crippen LogP contribution in [0, 0.1) is 0 Å². The normalized spacial score (nSPS) is 18.0. The standard InChI is InChI=1S/C5H7NO/c1-4-3-5(2)7-6-4/h3H,1-2H3/q+1. The number of hydrogen-bond donors (Lipinski definition) is 0. The van der Waals surface area contributed by atoms with E-state index in [1.165, 1.54) is 0 Å². The molecule has 0 aromatic rings. The molecule has 7 heavy (non-hydrogen) atoms. The highest BCUT2D eigenvalue weighted by Crippen LogP contribution is 1.97. The van der Waals surface area contributed by atoms with E-state index in [0.717, 1.165) is 11.5 Å². The predicted octanol–water partition coefficient (Wildman–Crippen LogP) is 0.632. The molecule has 0 atom stereocenters. The molecule has 0 fully saturated rings. The van der Waals surface area contributed by atoms with Crippen LogP contribution >= 0.6 is 0 Å². The highest BCUT2D eigenvalue weighted by Gasteiger charge is 2.13. The summed E-state index contributed by atoms with van der Waals surface area (Å²) in [6, 6.07) is 0. The first kappa shape index (κ1) is 4.37. The number of nitrogens with zero attached hydrogens (tertiary/aromatic N) is 1. The van der Waals surface area contributed by atoms with E-state index < -0.39 is 0 Å². The van der Waals surface area contributed by atoms with Gasteiger partial charge in [-0.2, -0.15) is 4.84 Å². The molecular formula is C5H7NO+. The fourth-order valence-corrected chi connectivity index (χ4v) is 0.491. The van der Waals surface area contributed by atoms with E-state index >= 15 is 0 Å². The smallest absolute Gasteiger partial charge is 0.176 e. The zero-order chi connectivity index (χ0) is 5.28. The van der Waals surface area contributed by atoms with Crippen LogP contribution in [0.5, 0.6) is 0 Å². The van der Waals surface area contributed by atoms with Crippen molar-refractivity contribution in [2.24, 2.45) is 0 Å². The molecule has 2 nitrogen and oxygen atoms in total. The second kappa shape index (κ2) is 1.37. The molecule has 1 radical (unpaired) electrons. The molecule has 0 aromatic heterocycles. The highest BCUT2D eigenvalue weighted by atomic mass is 16.6. The highest BCUT2D eigenvalue weighted by molar-refractivity contribution is 5.92. The second-order valence-electron chi connectivity index (χ2n) is 1.58. The molecule has 1 aliphatic heterocycles. The van der Waals surface area contributed by atoms with Crippen LogP contribution in [-0.2, 0) is 4.84 Å². The molecule has 0 saturated heterocycles. The molecule has 0 aliphatic carbocycles. The maximum absolute atomic E-state index is 4.71. The average Bonchev–Trinajstić information content (AvgIpc) is 1.87. The Balaban J connectivity index is 2.69. The first-order chi connectivity index (χ1) is 3.29. The fraction of sp³-hybridized carbons (Fsp3) is 0.400. The Kier molecular flexibility index (Phi) is 0.855. The summed E-state index contributed by atoms with van der Waals surface area (Å²) in [7, 11) is 0. The van der Waals surface area contributed by atoms with Gasteiger partial charge in [-0.3, -0.25) is 0 Å². The topological polar surface area (TPSA) is 23.3 Å². The van der Waals surface area contributed by atoms with Crippen LogP contribution in [-0.4, -0.2) is 5.71 Å². The Morgan fingerprint density at radius 3 is 2.43 bits per heavy atom. The fourth-order valence-electron chi connectivity index (χ4n) is 0.491. The zero-order valence-electron chi connectivity index (χ0n) is 4.43. The Morgan fingerprint density at radius 1 is 1.57 bits per heavy atom. The van der Waals surface area contributed by atoms with Crippen molar-refractivity contribution in [1.29, 1.82) is 0 Å². The van der Waals surface area contributed by atoms with E-state index in [9.17, 15) is 0 Å². The summed E-state index contributed by atoms with van der Waals surface area (Å²) in [6.07, 6.45) is 1.89. The predicted molar refractivity (Wildman–Crippen MR) is 27.7 cm³/mol. The first-order valence-electron chi connectivity index (χ1n) is 2.19. The van der Waals surface area contributed by atoms with Crippen molar-refractivity contribution in [3.63, 3.8) is 0 Å². The van der Waals surface area contributed by atoms with Gasteiger partial charge in [0.05, 0.1) is 6.08 Å². The minimum Gasteiger partial charge on any atom is -0.176 e. The van der Waals surface area contributed by atoms with Crippen molar-refractivity contribution in [2.75, 3.05) is 0 Å². The summed E-state index contributed by atoms with van der Waals surface area (Å²) < 4.78 is 0. The second-order valence-corrected chi connectivity index (χ2v) is 1.58. The molecule has 0 saturated carbocycles. The summed E-state index contributed by atoms with van der Waals surface area (Å²) in [5, 5.41) is 3.64. The van der Waals surface area contributed by atoms with E-state index in [1.807, 2.05) is 19.9 Å². The lowest BCUT2D eigenvalue weighted by atomic mass is 10.4. The number of allylic oxidation sites excluding steroid dienone is 2. The molecule has 1 aliphatic rings. The Morgan fingerprint density at radius 2 is 2.29 bits per heavy atom. The van der Waals surface area contributed by atoms with Gasteiger partial charge in [-0.1, -0.05) is 0 Å². The van der Waals surface area contributed by atoms with Crippen LogP contribution in [0.4, 0.5) is 0 Å². The van der Waals surface area contributed by atoms with Gasteiger partial charge in [-0.25, -0.2) is 0 Å². The first-order valence-corrected chi connectivity index (χ1v) is 2.19. The van der Waals surface area contributed by atoms with Gasteiger partial charge in [0.1, 0.15) is 0 Å². The molecule has 0 unspecified atom stereocenters. The number of hydrogen-bond acceptors (Lipinski definition) is 2. The molecule has 37 valence electrons. The minimum absolute atomic E-state index is 0.873. The molecule has 0 amide bonds. The van der Waals surface area contributed by atoms with Gasteiger partial charge in [0.25, 0.3) is 5.16 Å². The van der Waals surface area contributed by atoms with Gasteiger partial charge in [0, 0.05) is 13.8 Å². The Labute approximate surface area is 42.5 Å². The minimum atomic E-state index is 0.873. The number of rotatable bonds is 0. The molecular weight excluding hydrogens is 90.1 g/mol. The van der Waals surface area contributed by atoms with Crippen LogP contribution in [0.1, 0.15) is 13.8 Å². The molecule has 0 bridgehead atoms. The van der Waals surface area contributed by atoms with E-state index in [1.54, 1.807) is 0 Å². The molecule has 1 heterocycles. The van der Waals surface area contributed by atoms with Gasteiger partial charge in [-0.05, 0) is 0 Å². The van der Waals surface area contributed by atoms with Crippen molar-refractivity contribution in [3.05, 3.63) is 11.8 Å². The quantitative estimate of drug-likeness (QED) is 0.435. The van der Waals surface area contributed by atoms with Crippen LogP contribution in [0.25, 0.3) is 0 Å². The third kappa shape index (κ3) is 0.796. The lowest BCUT2D eigenvalue weighted by molar-refractivity contribution is 0.186. The SMILES string of the molecule is CC1=CC(C)=[N+]O1. The average molecular weight is 97.1 g/mol.